The lowest BCUT2D eigenvalue weighted by atomic mass is 9.85. The van der Waals surface area contributed by atoms with Crippen molar-refractivity contribution in [3.05, 3.63) is 24.0 Å². The molecule has 78 valence electrons. The highest BCUT2D eigenvalue weighted by Crippen LogP contribution is 2.32. The summed E-state index contributed by atoms with van der Waals surface area (Å²) in [6.07, 6.45) is 4.11. The maximum Gasteiger partial charge on any atom is 0.134 e. The standard InChI is InChI=1S/C12H14N2O/c1-9-4-5-11(15)7-12(9)14-6-2-3-10(14)8-13/h2-3,6,9,12H,4-5,7H2,1H3. The molecule has 1 aromatic rings. The Hall–Kier alpha value is -1.56. The Labute approximate surface area is 89.3 Å². The summed E-state index contributed by atoms with van der Waals surface area (Å²) in [5, 5.41) is 8.93. The summed E-state index contributed by atoms with van der Waals surface area (Å²) in [6, 6.07) is 6.00. The lowest BCUT2D eigenvalue weighted by Crippen LogP contribution is -2.26. The van der Waals surface area contributed by atoms with E-state index in [0.29, 0.717) is 30.2 Å². The molecule has 0 radical (unpaired) electrons. The second-order valence-corrected chi connectivity index (χ2v) is 4.24. The Bertz CT molecular complexity index is 414. The Morgan fingerprint density at radius 1 is 1.60 bits per heavy atom. The maximum atomic E-state index is 11.4. The monoisotopic (exact) mass is 202 g/mol. The molecule has 2 rings (SSSR count). The SMILES string of the molecule is CC1CCC(=O)CC1n1cccc1C#N. The van der Waals surface area contributed by atoms with Gasteiger partial charge in [0.1, 0.15) is 17.5 Å². The zero-order valence-electron chi connectivity index (χ0n) is 8.81. The van der Waals surface area contributed by atoms with E-state index >= 15 is 0 Å². The van der Waals surface area contributed by atoms with Gasteiger partial charge >= 0.3 is 0 Å². The molecule has 0 amide bonds. The Balaban J connectivity index is 2.29. The minimum atomic E-state index is 0.177. The normalized spacial score (nSPS) is 26.3. The molecule has 1 aliphatic rings. The molecule has 1 aromatic heterocycles. The summed E-state index contributed by atoms with van der Waals surface area (Å²) < 4.78 is 1.95. The van der Waals surface area contributed by atoms with E-state index in [4.69, 9.17) is 5.26 Å². The van der Waals surface area contributed by atoms with Crippen molar-refractivity contribution in [2.75, 3.05) is 0 Å². The number of hydrogen-bond acceptors (Lipinski definition) is 2. The average Bonchev–Trinajstić information content (AvgIpc) is 2.69. The number of hydrogen-bond donors (Lipinski definition) is 0. The summed E-state index contributed by atoms with van der Waals surface area (Å²) >= 11 is 0. The summed E-state index contributed by atoms with van der Waals surface area (Å²) in [5.41, 5.74) is 0.654. The number of rotatable bonds is 1. The van der Waals surface area contributed by atoms with Gasteiger partial charge in [-0.25, -0.2) is 0 Å². The highest BCUT2D eigenvalue weighted by molar-refractivity contribution is 5.79. The highest BCUT2D eigenvalue weighted by Gasteiger charge is 2.28. The van der Waals surface area contributed by atoms with Crippen LogP contribution >= 0.6 is 0 Å². The van der Waals surface area contributed by atoms with Crippen molar-refractivity contribution in [2.24, 2.45) is 5.92 Å². The average molecular weight is 202 g/mol. The zero-order chi connectivity index (χ0) is 10.8. The predicted octanol–water partition coefficient (Wildman–Crippen LogP) is 2.29. The summed E-state index contributed by atoms with van der Waals surface area (Å²) in [7, 11) is 0. The van der Waals surface area contributed by atoms with E-state index in [1.807, 2.05) is 16.8 Å². The van der Waals surface area contributed by atoms with E-state index in [2.05, 4.69) is 13.0 Å². The van der Waals surface area contributed by atoms with Crippen LogP contribution in [-0.4, -0.2) is 10.4 Å². The maximum absolute atomic E-state index is 11.4. The quantitative estimate of drug-likeness (QED) is 0.701. The van der Waals surface area contributed by atoms with Crippen LogP contribution in [0.25, 0.3) is 0 Å². The van der Waals surface area contributed by atoms with E-state index in [0.717, 1.165) is 6.42 Å². The topological polar surface area (TPSA) is 45.8 Å². The molecule has 1 fully saturated rings. The second kappa shape index (κ2) is 3.90. The summed E-state index contributed by atoms with van der Waals surface area (Å²) in [6.45, 7) is 2.15. The van der Waals surface area contributed by atoms with Crippen molar-refractivity contribution in [1.29, 1.82) is 5.26 Å². The number of carbonyl (C=O) groups excluding carboxylic acids is 1. The molecule has 0 aromatic carbocycles. The summed E-state index contributed by atoms with van der Waals surface area (Å²) in [4.78, 5) is 11.4. The van der Waals surface area contributed by atoms with E-state index in [-0.39, 0.29) is 6.04 Å². The molecule has 0 aliphatic heterocycles. The predicted molar refractivity (Wildman–Crippen MR) is 56.2 cm³/mol. The fraction of sp³-hybridized carbons (Fsp3) is 0.500. The molecule has 3 heteroatoms. The van der Waals surface area contributed by atoms with Crippen molar-refractivity contribution >= 4 is 5.78 Å². The van der Waals surface area contributed by atoms with Gasteiger partial charge in [0.2, 0.25) is 0 Å². The van der Waals surface area contributed by atoms with Crippen LogP contribution in [0.1, 0.15) is 37.9 Å². The van der Waals surface area contributed by atoms with E-state index < -0.39 is 0 Å². The number of nitrogens with zero attached hydrogens (tertiary/aromatic N) is 2. The van der Waals surface area contributed by atoms with Crippen LogP contribution in [-0.2, 0) is 4.79 Å². The van der Waals surface area contributed by atoms with Gasteiger partial charge in [-0.15, -0.1) is 0 Å². The van der Waals surface area contributed by atoms with Crippen LogP contribution in [0.4, 0.5) is 0 Å². The van der Waals surface area contributed by atoms with Gasteiger partial charge in [0.25, 0.3) is 0 Å². The van der Waals surface area contributed by atoms with Gasteiger partial charge in [0, 0.05) is 25.1 Å². The molecule has 0 bridgehead atoms. The first-order valence-corrected chi connectivity index (χ1v) is 5.31. The Kier molecular flexibility index (Phi) is 2.59. The zero-order valence-corrected chi connectivity index (χ0v) is 8.81. The molecule has 15 heavy (non-hydrogen) atoms. The lowest BCUT2D eigenvalue weighted by Gasteiger charge is -2.29. The number of ketones is 1. The highest BCUT2D eigenvalue weighted by atomic mass is 16.1. The third kappa shape index (κ3) is 1.80. The van der Waals surface area contributed by atoms with Gasteiger partial charge in [-0.05, 0) is 24.5 Å². The molecular weight excluding hydrogens is 188 g/mol. The molecule has 0 spiro atoms. The Morgan fingerprint density at radius 3 is 3.13 bits per heavy atom. The Morgan fingerprint density at radius 2 is 2.40 bits per heavy atom. The van der Waals surface area contributed by atoms with Crippen molar-refractivity contribution in [3.8, 4) is 6.07 Å². The fourth-order valence-electron chi connectivity index (χ4n) is 2.27. The van der Waals surface area contributed by atoms with E-state index in [1.54, 1.807) is 6.07 Å². The molecule has 0 N–H and O–H groups in total. The van der Waals surface area contributed by atoms with E-state index in [1.165, 1.54) is 0 Å². The van der Waals surface area contributed by atoms with Crippen molar-refractivity contribution < 1.29 is 4.79 Å². The van der Waals surface area contributed by atoms with E-state index in [9.17, 15) is 4.79 Å². The largest absolute Gasteiger partial charge is 0.336 e. The van der Waals surface area contributed by atoms with Crippen LogP contribution < -0.4 is 0 Å². The van der Waals surface area contributed by atoms with Crippen molar-refractivity contribution in [2.45, 2.75) is 32.2 Å². The molecular formula is C12H14N2O. The van der Waals surface area contributed by atoms with Crippen LogP contribution in [0, 0.1) is 17.2 Å². The van der Waals surface area contributed by atoms with Crippen LogP contribution in [0.5, 0.6) is 0 Å². The van der Waals surface area contributed by atoms with Gasteiger partial charge in [-0.3, -0.25) is 4.79 Å². The smallest absolute Gasteiger partial charge is 0.134 e. The first-order valence-electron chi connectivity index (χ1n) is 5.31. The second-order valence-electron chi connectivity index (χ2n) is 4.24. The fourth-order valence-corrected chi connectivity index (χ4v) is 2.27. The first kappa shape index (κ1) is 9.97. The van der Waals surface area contributed by atoms with Crippen LogP contribution in [0.15, 0.2) is 18.3 Å². The molecule has 2 atom stereocenters. The number of carbonyl (C=O) groups is 1. The van der Waals surface area contributed by atoms with Crippen LogP contribution in [0.2, 0.25) is 0 Å². The molecule has 1 saturated carbocycles. The van der Waals surface area contributed by atoms with Gasteiger partial charge in [-0.1, -0.05) is 6.92 Å². The lowest BCUT2D eigenvalue weighted by molar-refractivity contribution is -0.122. The van der Waals surface area contributed by atoms with Gasteiger partial charge < -0.3 is 4.57 Å². The number of nitriles is 1. The molecule has 2 unspecified atom stereocenters. The molecule has 1 heterocycles. The van der Waals surface area contributed by atoms with Gasteiger partial charge in [0.15, 0.2) is 0 Å². The van der Waals surface area contributed by atoms with Crippen molar-refractivity contribution in [3.63, 3.8) is 0 Å². The van der Waals surface area contributed by atoms with Crippen LogP contribution in [0.3, 0.4) is 0 Å². The van der Waals surface area contributed by atoms with Crippen molar-refractivity contribution in [1.82, 2.24) is 4.57 Å². The minimum Gasteiger partial charge on any atom is -0.336 e. The summed E-state index contributed by atoms with van der Waals surface area (Å²) in [5.74, 6) is 0.790. The molecule has 1 aliphatic carbocycles. The third-order valence-electron chi connectivity index (χ3n) is 3.22. The first-order chi connectivity index (χ1) is 7.22. The third-order valence-corrected chi connectivity index (χ3v) is 3.22. The molecule has 3 nitrogen and oxygen atoms in total. The minimum absolute atomic E-state index is 0.177. The molecule has 0 saturated heterocycles. The number of Topliss-reactive ketones (excluding diaryl/α,β-unsaturated/α-hetero) is 1. The van der Waals surface area contributed by atoms with Gasteiger partial charge in [0.05, 0.1) is 0 Å². The number of aromatic nitrogens is 1. The van der Waals surface area contributed by atoms with Gasteiger partial charge in [-0.2, -0.15) is 5.26 Å².